The largest absolute Gasteiger partial charge is 0.465 e. The van der Waals surface area contributed by atoms with E-state index in [0.29, 0.717) is 32.6 Å². The predicted molar refractivity (Wildman–Crippen MR) is 95.1 cm³/mol. The first-order chi connectivity index (χ1) is 11.5. The quantitative estimate of drug-likeness (QED) is 0.621. The van der Waals surface area contributed by atoms with Gasteiger partial charge in [0, 0.05) is 10.6 Å². The standard InChI is InChI=1S/C18H14Cl2N2O2/c1-11-16(18(23)24-2)17(14-9-8-12(19)10-15(14)20)21-22(11)13-6-4-3-5-7-13/h3-10H,1-2H3. The van der Waals surface area contributed by atoms with Crippen LogP contribution in [0.2, 0.25) is 10.0 Å². The molecule has 0 atom stereocenters. The number of hydrogen-bond donors (Lipinski definition) is 0. The Balaban J connectivity index is 2.27. The van der Waals surface area contributed by atoms with Gasteiger partial charge in [-0.05, 0) is 37.3 Å². The van der Waals surface area contributed by atoms with Crippen molar-refractivity contribution in [2.45, 2.75) is 6.92 Å². The van der Waals surface area contributed by atoms with Gasteiger partial charge in [-0.1, -0.05) is 41.4 Å². The zero-order valence-electron chi connectivity index (χ0n) is 13.1. The summed E-state index contributed by atoms with van der Waals surface area (Å²) in [5.41, 5.74) is 2.99. The van der Waals surface area contributed by atoms with Gasteiger partial charge >= 0.3 is 5.97 Å². The number of aromatic nitrogens is 2. The van der Waals surface area contributed by atoms with E-state index < -0.39 is 5.97 Å². The Bertz CT molecular complexity index is 905. The van der Waals surface area contributed by atoms with Crippen LogP contribution in [0.3, 0.4) is 0 Å². The average molecular weight is 361 g/mol. The Morgan fingerprint density at radius 2 is 1.83 bits per heavy atom. The van der Waals surface area contributed by atoms with Gasteiger partial charge in [-0.2, -0.15) is 5.10 Å². The molecule has 4 nitrogen and oxygen atoms in total. The molecule has 0 N–H and O–H groups in total. The van der Waals surface area contributed by atoms with Crippen LogP contribution in [0.5, 0.6) is 0 Å². The number of nitrogens with zero attached hydrogens (tertiary/aromatic N) is 2. The van der Waals surface area contributed by atoms with Gasteiger partial charge in [-0.25, -0.2) is 9.48 Å². The third-order valence-corrected chi connectivity index (χ3v) is 4.24. The van der Waals surface area contributed by atoms with Crippen molar-refractivity contribution in [2.24, 2.45) is 0 Å². The molecule has 0 saturated heterocycles. The van der Waals surface area contributed by atoms with Crippen molar-refractivity contribution in [1.82, 2.24) is 9.78 Å². The van der Waals surface area contributed by atoms with E-state index in [1.54, 1.807) is 22.9 Å². The molecular formula is C18H14Cl2N2O2. The Labute approximate surface area is 149 Å². The molecule has 0 radical (unpaired) electrons. The number of hydrogen-bond acceptors (Lipinski definition) is 3. The SMILES string of the molecule is COC(=O)c1c(-c2ccc(Cl)cc2Cl)nn(-c2ccccc2)c1C. The van der Waals surface area contributed by atoms with Crippen molar-refractivity contribution in [3.63, 3.8) is 0 Å². The molecule has 0 spiro atoms. The molecule has 0 aliphatic heterocycles. The van der Waals surface area contributed by atoms with E-state index in [2.05, 4.69) is 5.10 Å². The Hall–Kier alpha value is -2.30. The number of carbonyl (C=O) groups excluding carboxylic acids is 1. The summed E-state index contributed by atoms with van der Waals surface area (Å²) in [6, 6.07) is 14.6. The highest BCUT2D eigenvalue weighted by molar-refractivity contribution is 6.36. The highest BCUT2D eigenvalue weighted by atomic mass is 35.5. The van der Waals surface area contributed by atoms with Crippen LogP contribution in [-0.2, 0) is 4.74 Å². The molecule has 24 heavy (non-hydrogen) atoms. The summed E-state index contributed by atoms with van der Waals surface area (Å²) in [6.45, 7) is 1.82. The molecule has 3 rings (SSSR count). The lowest BCUT2D eigenvalue weighted by Crippen LogP contribution is -2.05. The number of para-hydroxylation sites is 1. The van der Waals surface area contributed by atoms with Crippen LogP contribution >= 0.6 is 23.2 Å². The van der Waals surface area contributed by atoms with Crippen molar-refractivity contribution in [3.8, 4) is 16.9 Å². The normalized spacial score (nSPS) is 10.7. The third kappa shape index (κ3) is 2.90. The average Bonchev–Trinajstić information content (AvgIpc) is 2.92. The number of rotatable bonds is 3. The lowest BCUT2D eigenvalue weighted by molar-refractivity contribution is 0.0600. The molecule has 0 unspecified atom stereocenters. The highest BCUT2D eigenvalue weighted by Gasteiger charge is 2.25. The second-order valence-corrected chi connectivity index (χ2v) is 6.02. The summed E-state index contributed by atoms with van der Waals surface area (Å²) in [5, 5.41) is 5.54. The van der Waals surface area contributed by atoms with Gasteiger partial charge < -0.3 is 4.74 Å². The molecule has 0 bridgehead atoms. The summed E-state index contributed by atoms with van der Waals surface area (Å²) in [6.07, 6.45) is 0. The molecule has 2 aromatic carbocycles. The lowest BCUT2D eigenvalue weighted by atomic mass is 10.1. The summed E-state index contributed by atoms with van der Waals surface area (Å²) in [4.78, 5) is 12.3. The number of ether oxygens (including phenoxy) is 1. The molecule has 1 aromatic heterocycles. The van der Waals surface area contributed by atoms with E-state index in [0.717, 1.165) is 5.69 Å². The minimum atomic E-state index is -0.462. The molecule has 1 heterocycles. The van der Waals surface area contributed by atoms with Gasteiger partial charge in [0.1, 0.15) is 11.3 Å². The first-order valence-electron chi connectivity index (χ1n) is 7.21. The molecule has 0 fully saturated rings. The maximum absolute atomic E-state index is 12.3. The molecule has 122 valence electrons. The number of halogens is 2. The molecule has 0 saturated carbocycles. The van der Waals surface area contributed by atoms with Crippen molar-refractivity contribution in [2.75, 3.05) is 7.11 Å². The molecule has 0 aliphatic carbocycles. The zero-order valence-corrected chi connectivity index (χ0v) is 14.6. The van der Waals surface area contributed by atoms with Gasteiger partial charge in [0.2, 0.25) is 0 Å². The molecule has 3 aromatic rings. The third-order valence-electron chi connectivity index (χ3n) is 3.69. The number of carbonyl (C=O) groups is 1. The van der Waals surface area contributed by atoms with Gasteiger partial charge in [0.15, 0.2) is 0 Å². The van der Waals surface area contributed by atoms with Crippen molar-refractivity contribution in [1.29, 1.82) is 0 Å². The van der Waals surface area contributed by atoms with Crippen LogP contribution in [-0.4, -0.2) is 22.9 Å². The van der Waals surface area contributed by atoms with E-state index >= 15 is 0 Å². The first-order valence-corrected chi connectivity index (χ1v) is 7.97. The predicted octanol–water partition coefficient (Wildman–Crippen LogP) is 4.94. The zero-order chi connectivity index (χ0) is 17.3. The van der Waals surface area contributed by atoms with Crippen molar-refractivity contribution in [3.05, 3.63) is 69.8 Å². The van der Waals surface area contributed by atoms with E-state index in [1.165, 1.54) is 7.11 Å². The van der Waals surface area contributed by atoms with Crippen LogP contribution in [0, 0.1) is 6.92 Å². The maximum atomic E-state index is 12.3. The number of esters is 1. The topological polar surface area (TPSA) is 44.1 Å². The summed E-state index contributed by atoms with van der Waals surface area (Å²) in [7, 11) is 1.34. The second kappa shape index (κ2) is 6.67. The summed E-state index contributed by atoms with van der Waals surface area (Å²) < 4.78 is 6.63. The van der Waals surface area contributed by atoms with E-state index in [9.17, 15) is 4.79 Å². The fourth-order valence-corrected chi connectivity index (χ4v) is 3.04. The lowest BCUT2D eigenvalue weighted by Gasteiger charge is -2.04. The molecular weight excluding hydrogens is 347 g/mol. The van der Waals surface area contributed by atoms with Gasteiger partial charge in [-0.15, -0.1) is 0 Å². The van der Waals surface area contributed by atoms with Crippen LogP contribution < -0.4 is 0 Å². The first kappa shape index (κ1) is 16.6. The Morgan fingerprint density at radius 1 is 1.12 bits per heavy atom. The Morgan fingerprint density at radius 3 is 2.46 bits per heavy atom. The number of benzene rings is 2. The van der Waals surface area contributed by atoms with E-state index in [4.69, 9.17) is 27.9 Å². The monoisotopic (exact) mass is 360 g/mol. The van der Waals surface area contributed by atoms with E-state index in [1.807, 2.05) is 37.3 Å². The Kier molecular flexibility index (Phi) is 4.60. The maximum Gasteiger partial charge on any atom is 0.342 e. The fraction of sp³-hybridized carbons (Fsp3) is 0.111. The van der Waals surface area contributed by atoms with Crippen molar-refractivity contribution < 1.29 is 9.53 Å². The minimum Gasteiger partial charge on any atom is -0.465 e. The second-order valence-electron chi connectivity index (χ2n) is 5.17. The van der Waals surface area contributed by atoms with Gasteiger partial charge in [0.25, 0.3) is 0 Å². The molecule has 6 heteroatoms. The van der Waals surface area contributed by atoms with Crippen LogP contribution in [0.25, 0.3) is 16.9 Å². The summed E-state index contributed by atoms with van der Waals surface area (Å²) >= 11 is 12.3. The van der Waals surface area contributed by atoms with E-state index in [-0.39, 0.29) is 0 Å². The van der Waals surface area contributed by atoms with Crippen molar-refractivity contribution >= 4 is 29.2 Å². The smallest absolute Gasteiger partial charge is 0.342 e. The number of methoxy groups -OCH3 is 1. The van der Waals surface area contributed by atoms with Gasteiger partial charge in [0.05, 0.1) is 23.5 Å². The highest BCUT2D eigenvalue weighted by Crippen LogP contribution is 2.34. The fourth-order valence-electron chi connectivity index (χ4n) is 2.54. The van der Waals surface area contributed by atoms with Crippen LogP contribution in [0.4, 0.5) is 0 Å². The summed E-state index contributed by atoms with van der Waals surface area (Å²) in [5.74, 6) is -0.462. The van der Waals surface area contributed by atoms with Crippen LogP contribution in [0.1, 0.15) is 16.1 Å². The van der Waals surface area contributed by atoms with Crippen LogP contribution in [0.15, 0.2) is 48.5 Å². The minimum absolute atomic E-state index is 0.380. The molecule has 0 aliphatic rings. The van der Waals surface area contributed by atoms with Gasteiger partial charge in [-0.3, -0.25) is 0 Å². The molecule has 0 amide bonds.